The molecule has 1 atom stereocenters. The molecule has 0 bridgehead atoms. The number of cyclic esters (lactones) is 1. The molecule has 2 N–H and O–H groups in total. The summed E-state index contributed by atoms with van der Waals surface area (Å²) in [6, 6.07) is 4.52. The van der Waals surface area contributed by atoms with Crippen LogP contribution in [0.1, 0.15) is 33.1 Å². The molecule has 136 valence electrons. The summed E-state index contributed by atoms with van der Waals surface area (Å²) in [5.41, 5.74) is 1.49. The van der Waals surface area contributed by atoms with Crippen molar-refractivity contribution in [3.05, 3.63) is 36.3 Å². The highest BCUT2D eigenvalue weighted by molar-refractivity contribution is 5.90. The molecule has 0 aliphatic carbocycles. The van der Waals surface area contributed by atoms with Crippen molar-refractivity contribution in [2.75, 3.05) is 23.3 Å². The number of allylic oxidation sites excluding steroid dienone is 1. The maximum atomic E-state index is 14.3. The van der Waals surface area contributed by atoms with E-state index in [1.165, 1.54) is 17.9 Å². The first-order chi connectivity index (χ1) is 11.9. The number of halogens is 1. The number of hydrogen-bond donors (Lipinski definition) is 2. The summed E-state index contributed by atoms with van der Waals surface area (Å²) in [6.45, 7) is 7.85. The highest BCUT2D eigenvalue weighted by Crippen LogP contribution is 2.26. The van der Waals surface area contributed by atoms with Gasteiger partial charge in [0.25, 0.3) is 0 Å². The van der Waals surface area contributed by atoms with Gasteiger partial charge in [-0.3, -0.25) is 9.69 Å². The van der Waals surface area contributed by atoms with Crippen molar-refractivity contribution in [2.45, 2.75) is 39.2 Å². The lowest BCUT2D eigenvalue weighted by Gasteiger charge is -2.15. The van der Waals surface area contributed by atoms with Gasteiger partial charge in [-0.25, -0.2) is 9.18 Å². The lowest BCUT2D eigenvalue weighted by atomic mass is 10.2. The second kappa shape index (κ2) is 8.50. The Morgan fingerprint density at radius 2 is 2.24 bits per heavy atom. The highest BCUT2D eigenvalue weighted by atomic mass is 19.1. The summed E-state index contributed by atoms with van der Waals surface area (Å²) >= 11 is 0. The molecule has 1 aromatic carbocycles. The first-order valence-corrected chi connectivity index (χ1v) is 8.37. The van der Waals surface area contributed by atoms with E-state index >= 15 is 0 Å². The van der Waals surface area contributed by atoms with Crippen LogP contribution in [-0.2, 0) is 9.53 Å². The number of unbranched alkanes of at least 4 members (excludes halogenated alkanes) is 1. The van der Waals surface area contributed by atoms with Gasteiger partial charge >= 0.3 is 6.09 Å². The second-order valence-corrected chi connectivity index (χ2v) is 6.05. The van der Waals surface area contributed by atoms with E-state index in [1.807, 2.05) is 0 Å². The van der Waals surface area contributed by atoms with Crippen molar-refractivity contribution >= 4 is 23.4 Å². The minimum Gasteiger partial charge on any atom is -0.442 e. The minimum atomic E-state index is -0.553. The number of nitrogens with zero attached hydrogens (tertiary/aromatic N) is 1. The van der Waals surface area contributed by atoms with Gasteiger partial charge in [0, 0.05) is 12.6 Å². The number of anilines is 2. The molecule has 1 aromatic rings. The molecule has 1 heterocycles. The van der Waals surface area contributed by atoms with Gasteiger partial charge in [-0.15, -0.1) is 0 Å². The van der Waals surface area contributed by atoms with Gasteiger partial charge in [-0.2, -0.15) is 0 Å². The molecule has 0 spiro atoms. The van der Waals surface area contributed by atoms with Crippen LogP contribution in [0.15, 0.2) is 30.5 Å². The maximum Gasteiger partial charge on any atom is 0.414 e. The number of amides is 2. The van der Waals surface area contributed by atoms with Gasteiger partial charge < -0.3 is 15.4 Å². The van der Waals surface area contributed by atoms with Crippen LogP contribution in [0.2, 0.25) is 0 Å². The molecular formula is C18H24FN3O3. The van der Waals surface area contributed by atoms with Crippen LogP contribution in [-0.4, -0.2) is 31.2 Å². The first kappa shape index (κ1) is 18.8. The van der Waals surface area contributed by atoms with Crippen LogP contribution in [0, 0.1) is 5.82 Å². The average Bonchev–Trinajstić information content (AvgIpc) is 2.94. The standard InChI is InChI=1S/C18H24FN3O3/c1-4-5-6-12(2)21-17-8-7-14(9-16(17)19)22-11-15(25-18(22)24)10-20-13(3)23/h7-9,15,21H,2,4-6,10-11H2,1,3H3,(H,20,23)/t15-/m0/s1. The van der Waals surface area contributed by atoms with Crippen molar-refractivity contribution in [3.8, 4) is 0 Å². The zero-order chi connectivity index (χ0) is 18.4. The van der Waals surface area contributed by atoms with Crippen LogP contribution in [0.25, 0.3) is 0 Å². The predicted octanol–water partition coefficient (Wildman–Crippen LogP) is 3.40. The number of carbonyl (C=O) groups excluding carboxylic acids is 2. The summed E-state index contributed by atoms with van der Waals surface area (Å²) < 4.78 is 19.5. The topological polar surface area (TPSA) is 70.7 Å². The Morgan fingerprint density at radius 3 is 2.88 bits per heavy atom. The van der Waals surface area contributed by atoms with Crippen molar-refractivity contribution in [1.29, 1.82) is 0 Å². The Morgan fingerprint density at radius 1 is 1.48 bits per heavy atom. The molecule has 7 heteroatoms. The number of rotatable bonds is 8. The molecule has 1 aliphatic heterocycles. The van der Waals surface area contributed by atoms with Crippen molar-refractivity contribution in [3.63, 3.8) is 0 Å². The van der Waals surface area contributed by atoms with Gasteiger partial charge in [0.2, 0.25) is 5.91 Å². The van der Waals surface area contributed by atoms with Crippen LogP contribution in [0.3, 0.4) is 0 Å². The van der Waals surface area contributed by atoms with E-state index in [-0.39, 0.29) is 19.0 Å². The Bertz CT molecular complexity index is 663. The van der Waals surface area contributed by atoms with E-state index in [0.717, 1.165) is 25.0 Å². The van der Waals surface area contributed by atoms with Gasteiger partial charge in [0.1, 0.15) is 11.9 Å². The molecule has 0 aromatic heterocycles. The average molecular weight is 349 g/mol. The third-order valence-electron chi connectivity index (χ3n) is 3.86. The van der Waals surface area contributed by atoms with Crippen LogP contribution in [0.4, 0.5) is 20.6 Å². The predicted molar refractivity (Wildman–Crippen MR) is 95.0 cm³/mol. The Balaban J connectivity index is 2.01. The first-order valence-electron chi connectivity index (χ1n) is 8.37. The molecule has 2 amide bonds. The SMILES string of the molecule is C=C(CCCC)Nc1ccc(N2C[C@H](CNC(C)=O)OC2=O)cc1F. The molecule has 0 unspecified atom stereocenters. The van der Waals surface area contributed by atoms with E-state index in [1.54, 1.807) is 12.1 Å². The highest BCUT2D eigenvalue weighted by Gasteiger charge is 2.32. The van der Waals surface area contributed by atoms with Crippen molar-refractivity contribution in [1.82, 2.24) is 5.32 Å². The molecule has 1 fully saturated rings. The minimum absolute atomic E-state index is 0.195. The van der Waals surface area contributed by atoms with Crippen molar-refractivity contribution < 1.29 is 18.7 Å². The van der Waals surface area contributed by atoms with Gasteiger partial charge in [-0.05, 0) is 31.0 Å². The van der Waals surface area contributed by atoms with E-state index in [2.05, 4.69) is 24.1 Å². The molecule has 6 nitrogen and oxygen atoms in total. The second-order valence-electron chi connectivity index (χ2n) is 6.05. The zero-order valence-electron chi connectivity index (χ0n) is 14.6. The summed E-state index contributed by atoms with van der Waals surface area (Å²) in [6.07, 6.45) is 1.80. The van der Waals surface area contributed by atoms with E-state index in [9.17, 15) is 14.0 Å². The van der Waals surface area contributed by atoms with Gasteiger partial charge in [0.15, 0.2) is 0 Å². The number of nitrogens with one attached hydrogen (secondary N) is 2. The molecule has 1 saturated heterocycles. The fourth-order valence-corrected chi connectivity index (χ4v) is 2.51. The zero-order valence-corrected chi connectivity index (χ0v) is 14.6. The summed E-state index contributed by atoms with van der Waals surface area (Å²) in [5, 5.41) is 5.57. The number of carbonyl (C=O) groups is 2. The third-order valence-corrected chi connectivity index (χ3v) is 3.86. The van der Waals surface area contributed by atoms with Crippen LogP contribution >= 0.6 is 0 Å². The molecular weight excluding hydrogens is 325 g/mol. The van der Waals surface area contributed by atoms with Crippen LogP contribution < -0.4 is 15.5 Å². The maximum absolute atomic E-state index is 14.3. The number of ether oxygens (including phenoxy) is 1. The van der Waals surface area contributed by atoms with E-state index in [0.29, 0.717) is 11.4 Å². The van der Waals surface area contributed by atoms with Crippen molar-refractivity contribution in [2.24, 2.45) is 0 Å². The van der Waals surface area contributed by atoms with E-state index < -0.39 is 18.0 Å². The Hall–Kier alpha value is -2.57. The van der Waals surface area contributed by atoms with E-state index in [4.69, 9.17) is 4.74 Å². The molecule has 0 saturated carbocycles. The van der Waals surface area contributed by atoms with Gasteiger partial charge in [-0.1, -0.05) is 19.9 Å². The molecule has 0 radical (unpaired) electrons. The third kappa shape index (κ3) is 5.20. The number of benzene rings is 1. The normalized spacial score (nSPS) is 16.5. The fraction of sp³-hybridized carbons (Fsp3) is 0.444. The molecule has 25 heavy (non-hydrogen) atoms. The lowest BCUT2D eigenvalue weighted by molar-refractivity contribution is -0.119. The lowest BCUT2D eigenvalue weighted by Crippen LogP contribution is -2.33. The fourth-order valence-electron chi connectivity index (χ4n) is 2.51. The Labute approximate surface area is 147 Å². The number of hydrogen-bond acceptors (Lipinski definition) is 4. The van der Waals surface area contributed by atoms with Crippen LogP contribution in [0.5, 0.6) is 0 Å². The summed E-state index contributed by atoms with van der Waals surface area (Å²) in [5.74, 6) is -0.660. The largest absolute Gasteiger partial charge is 0.442 e. The summed E-state index contributed by atoms with van der Waals surface area (Å²) in [4.78, 5) is 24.3. The van der Waals surface area contributed by atoms with Gasteiger partial charge in [0.05, 0.1) is 24.5 Å². The quantitative estimate of drug-likeness (QED) is 0.755. The molecule has 2 rings (SSSR count). The monoisotopic (exact) mass is 349 g/mol. The molecule has 1 aliphatic rings. The smallest absolute Gasteiger partial charge is 0.414 e. The Kier molecular flexibility index (Phi) is 6.38. The summed E-state index contributed by atoms with van der Waals surface area (Å²) in [7, 11) is 0.